The Hall–Kier alpha value is -0.590. The van der Waals surface area contributed by atoms with Crippen LogP contribution in [-0.2, 0) is 0 Å². The normalized spacial score (nSPS) is 36.9. The van der Waals surface area contributed by atoms with Gasteiger partial charge in [-0.1, -0.05) is 19.8 Å². The Balaban J connectivity index is 2.16. The topological polar surface area (TPSA) is 39.1 Å². The van der Waals surface area contributed by atoms with Crippen molar-refractivity contribution in [3.8, 4) is 6.07 Å². The Labute approximate surface area is 98.8 Å². The van der Waals surface area contributed by atoms with Crippen molar-refractivity contribution >= 4 is 0 Å². The summed E-state index contributed by atoms with van der Waals surface area (Å²) < 4.78 is 0. The molecule has 3 heteroatoms. The third-order valence-corrected chi connectivity index (χ3v) is 4.38. The van der Waals surface area contributed by atoms with Crippen LogP contribution >= 0.6 is 0 Å². The predicted octanol–water partition coefficient (Wildman–Crippen LogP) is 1.75. The van der Waals surface area contributed by atoms with Crippen molar-refractivity contribution in [3.05, 3.63) is 0 Å². The Bertz CT molecular complexity index is 263. The average molecular weight is 221 g/mol. The fraction of sp³-hybridized carbons (Fsp3) is 0.923. The first-order valence-electron chi connectivity index (χ1n) is 6.70. The molecule has 0 amide bonds. The van der Waals surface area contributed by atoms with E-state index in [2.05, 4.69) is 23.2 Å². The van der Waals surface area contributed by atoms with Crippen LogP contribution in [0.25, 0.3) is 0 Å². The van der Waals surface area contributed by atoms with Gasteiger partial charge in [-0.15, -0.1) is 0 Å². The van der Waals surface area contributed by atoms with Crippen LogP contribution in [0.1, 0.15) is 39.0 Å². The van der Waals surface area contributed by atoms with Crippen LogP contribution in [-0.4, -0.2) is 36.6 Å². The molecule has 2 aliphatic rings. The molecule has 2 unspecified atom stereocenters. The quantitative estimate of drug-likeness (QED) is 0.772. The van der Waals surface area contributed by atoms with E-state index in [-0.39, 0.29) is 5.54 Å². The van der Waals surface area contributed by atoms with E-state index in [1.54, 1.807) is 0 Å². The van der Waals surface area contributed by atoms with Gasteiger partial charge in [0, 0.05) is 19.6 Å². The zero-order valence-electron chi connectivity index (χ0n) is 10.3. The Morgan fingerprint density at radius 1 is 1.38 bits per heavy atom. The number of rotatable bonds is 2. The number of nitrogens with one attached hydrogen (secondary N) is 1. The monoisotopic (exact) mass is 221 g/mol. The average Bonchev–Trinajstić information content (AvgIpc) is 2.55. The highest BCUT2D eigenvalue weighted by Gasteiger charge is 2.46. The molecule has 2 fully saturated rings. The molecule has 0 aromatic rings. The zero-order chi connectivity index (χ0) is 11.4. The van der Waals surface area contributed by atoms with Crippen LogP contribution in [0.5, 0.6) is 0 Å². The number of hydrogen-bond donors (Lipinski definition) is 1. The summed E-state index contributed by atoms with van der Waals surface area (Å²) in [4.78, 5) is 2.47. The molecule has 90 valence electrons. The molecule has 0 bridgehead atoms. The maximum Gasteiger partial charge on any atom is 0.112 e. The standard InChI is InChI=1S/C13H23N3/c1-2-12-5-3-6-13(12,11-14)16-9-4-7-15-8-10-16/h12,15H,2-10H2,1H3. The smallest absolute Gasteiger partial charge is 0.112 e. The summed E-state index contributed by atoms with van der Waals surface area (Å²) in [5.41, 5.74) is -0.138. The third kappa shape index (κ3) is 1.97. The van der Waals surface area contributed by atoms with Gasteiger partial charge in [0.1, 0.15) is 5.54 Å². The molecule has 0 spiro atoms. The van der Waals surface area contributed by atoms with Crippen LogP contribution in [0.3, 0.4) is 0 Å². The van der Waals surface area contributed by atoms with Crippen molar-refractivity contribution in [2.24, 2.45) is 5.92 Å². The third-order valence-electron chi connectivity index (χ3n) is 4.38. The molecular weight excluding hydrogens is 198 g/mol. The summed E-state index contributed by atoms with van der Waals surface area (Å²) in [5, 5.41) is 13.1. The molecule has 1 heterocycles. The van der Waals surface area contributed by atoms with E-state index in [1.165, 1.54) is 19.3 Å². The van der Waals surface area contributed by atoms with Gasteiger partial charge in [-0.25, -0.2) is 0 Å². The summed E-state index contributed by atoms with van der Waals surface area (Å²) in [6.07, 6.45) is 5.89. The van der Waals surface area contributed by atoms with Crippen molar-refractivity contribution < 1.29 is 0 Å². The number of nitrogens with zero attached hydrogens (tertiary/aromatic N) is 2. The SMILES string of the molecule is CCC1CCCC1(C#N)N1CCCNCC1. The second kappa shape index (κ2) is 5.16. The molecule has 1 saturated carbocycles. The van der Waals surface area contributed by atoms with Gasteiger partial charge in [-0.2, -0.15) is 5.26 Å². The highest BCUT2D eigenvalue weighted by molar-refractivity contribution is 5.15. The largest absolute Gasteiger partial charge is 0.315 e. The van der Waals surface area contributed by atoms with E-state index in [0.29, 0.717) is 5.92 Å². The van der Waals surface area contributed by atoms with Crippen LogP contribution in [0.15, 0.2) is 0 Å². The van der Waals surface area contributed by atoms with Gasteiger partial charge in [0.2, 0.25) is 0 Å². The first-order valence-corrected chi connectivity index (χ1v) is 6.70. The molecular formula is C13H23N3. The van der Waals surface area contributed by atoms with Crippen LogP contribution < -0.4 is 5.32 Å². The summed E-state index contributed by atoms with van der Waals surface area (Å²) in [5.74, 6) is 0.593. The molecule has 2 rings (SSSR count). The lowest BCUT2D eigenvalue weighted by atomic mass is 9.84. The van der Waals surface area contributed by atoms with Gasteiger partial charge >= 0.3 is 0 Å². The zero-order valence-corrected chi connectivity index (χ0v) is 10.3. The lowest BCUT2D eigenvalue weighted by Gasteiger charge is -2.39. The lowest BCUT2D eigenvalue weighted by molar-refractivity contribution is 0.105. The first-order chi connectivity index (χ1) is 7.83. The van der Waals surface area contributed by atoms with Gasteiger partial charge < -0.3 is 5.32 Å². The second-order valence-electron chi connectivity index (χ2n) is 5.12. The summed E-state index contributed by atoms with van der Waals surface area (Å²) in [6.45, 7) is 6.52. The fourth-order valence-electron chi connectivity index (χ4n) is 3.48. The minimum Gasteiger partial charge on any atom is -0.315 e. The summed E-state index contributed by atoms with van der Waals surface area (Å²) in [7, 11) is 0. The second-order valence-corrected chi connectivity index (χ2v) is 5.12. The summed E-state index contributed by atoms with van der Waals surface area (Å²) >= 11 is 0. The van der Waals surface area contributed by atoms with Crippen LogP contribution in [0, 0.1) is 17.2 Å². The van der Waals surface area contributed by atoms with E-state index >= 15 is 0 Å². The molecule has 1 aliphatic carbocycles. The van der Waals surface area contributed by atoms with Gasteiger partial charge in [0.15, 0.2) is 0 Å². The van der Waals surface area contributed by atoms with Gasteiger partial charge in [-0.05, 0) is 31.7 Å². The maximum atomic E-state index is 9.65. The Morgan fingerprint density at radius 3 is 3.00 bits per heavy atom. The highest BCUT2D eigenvalue weighted by Crippen LogP contribution is 2.42. The molecule has 0 radical (unpaired) electrons. The number of hydrogen-bond acceptors (Lipinski definition) is 3. The van der Waals surface area contributed by atoms with E-state index in [0.717, 1.165) is 39.0 Å². The van der Waals surface area contributed by atoms with Crippen molar-refractivity contribution in [1.29, 1.82) is 5.26 Å². The van der Waals surface area contributed by atoms with E-state index in [1.807, 2.05) is 0 Å². The molecule has 3 nitrogen and oxygen atoms in total. The van der Waals surface area contributed by atoms with Crippen molar-refractivity contribution in [3.63, 3.8) is 0 Å². The predicted molar refractivity (Wildman–Crippen MR) is 65.0 cm³/mol. The number of nitriles is 1. The van der Waals surface area contributed by atoms with Gasteiger partial charge in [0.25, 0.3) is 0 Å². The fourth-order valence-corrected chi connectivity index (χ4v) is 3.48. The van der Waals surface area contributed by atoms with Gasteiger partial charge in [0.05, 0.1) is 6.07 Å². The van der Waals surface area contributed by atoms with Crippen LogP contribution in [0.4, 0.5) is 0 Å². The Kier molecular flexibility index (Phi) is 3.83. The minimum absolute atomic E-state index is 0.138. The molecule has 16 heavy (non-hydrogen) atoms. The van der Waals surface area contributed by atoms with E-state index in [4.69, 9.17) is 0 Å². The molecule has 1 saturated heterocycles. The van der Waals surface area contributed by atoms with E-state index < -0.39 is 0 Å². The molecule has 1 aliphatic heterocycles. The summed E-state index contributed by atoms with van der Waals surface area (Å²) in [6, 6.07) is 2.67. The molecule has 1 N–H and O–H groups in total. The lowest BCUT2D eigenvalue weighted by Crippen LogP contribution is -2.51. The van der Waals surface area contributed by atoms with Crippen molar-refractivity contribution in [2.75, 3.05) is 26.2 Å². The highest BCUT2D eigenvalue weighted by atomic mass is 15.2. The van der Waals surface area contributed by atoms with Crippen LogP contribution in [0.2, 0.25) is 0 Å². The van der Waals surface area contributed by atoms with Crippen molar-refractivity contribution in [2.45, 2.75) is 44.6 Å². The Morgan fingerprint density at radius 2 is 2.25 bits per heavy atom. The molecule has 0 aromatic heterocycles. The maximum absolute atomic E-state index is 9.65. The molecule has 2 atom stereocenters. The minimum atomic E-state index is -0.138. The van der Waals surface area contributed by atoms with E-state index in [9.17, 15) is 5.26 Å². The van der Waals surface area contributed by atoms with Gasteiger partial charge in [-0.3, -0.25) is 4.90 Å². The molecule has 0 aromatic carbocycles. The van der Waals surface area contributed by atoms with Crippen molar-refractivity contribution in [1.82, 2.24) is 10.2 Å². The first kappa shape index (κ1) is 11.9.